The first kappa shape index (κ1) is 14.6. The topological polar surface area (TPSA) is 56.0 Å². The van der Waals surface area contributed by atoms with E-state index in [1.807, 2.05) is 18.2 Å². The summed E-state index contributed by atoms with van der Waals surface area (Å²) in [6, 6.07) is 13.2. The molecule has 0 aliphatic heterocycles. The van der Waals surface area contributed by atoms with Crippen molar-refractivity contribution < 1.29 is 5.11 Å². The van der Waals surface area contributed by atoms with Crippen LogP contribution in [0, 0.1) is 11.3 Å². The fourth-order valence-corrected chi connectivity index (χ4v) is 3.83. The summed E-state index contributed by atoms with van der Waals surface area (Å²) in [5.41, 5.74) is 0.807. The Morgan fingerprint density at radius 2 is 1.81 bits per heavy atom. The molecule has 2 unspecified atom stereocenters. The predicted molar refractivity (Wildman–Crippen MR) is 82.8 cm³/mol. The standard InChI is InChI=1S/C18H24N2O/c19-13-18(14-7-3-1-4-8-14)11-15(12-18)20-16-9-5-2-6-10-17(16)21/h1,3-4,7-8,15-17,20-21H,2,5-6,9-12H2. The van der Waals surface area contributed by atoms with Crippen LogP contribution in [0.4, 0.5) is 0 Å². The van der Waals surface area contributed by atoms with Crippen molar-refractivity contribution in [2.24, 2.45) is 0 Å². The Balaban J connectivity index is 1.60. The molecule has 21 heavy (non-hydrogen) atoms. The number of nitrogens with zero attached hydrogens (tertiary/aromatic N) is 1. The molecule has 2 aliphatic carbocycles. The Morgan fingerprint density at radius 1 is 1.10 bits per heavy atom. The summed E-state index contributed by atoms with van der Waals surface area (Å²) in [5, 5.41) is 23.4. The van der Waals surface area contributed by atoms with Gasteiger partial charge in [-0.1, -0.05) is 49.6 Å². The van der Waals surface area contributed by atoms with Gasteiger partial charge >= 0.3 is 0 Å². The second-order valence-corrected chi connectivity index (χ2v) is 6.64. The van der Waals surface area contributed by atoms with Gasteiger partial charge in [0.2, 0.25) is 0 Å². The summed E-state index contributed by atoms with van der Waals surface area (Å²) in [4.78, 5) is 0. The molecule has 0 amide bonds. The van der Waals surface area contributed by atoms with Gasteiger partial charge in [0, 0.05) is 12.1 Å². The van der Waals surface area contributed by atoms with Crippen molar-refractivity contribution in [2.75, 3.05) is 0 Å². The van der Waals surface area contributed by atoms with E-state index >= 15 is 0 Å². The number of rotatable bonds is 3. The molecule has 3 rings (SSSR count). The number of hydrogen-bond donors (Lipinski definition) is 2. The number of aliphatic hydroxyl groups excluding tert-OH is 1. The largest absolute Gasteiger partial charge is 0.392 e. The van der Waals surface area contributed by atoms with E-state index in [0.29, 0.717) is 6.04 Å². The molecule has 0 saturated heterocycles. The van der Waals surface area contributed by atoms with Crippen LogP contribution in [-0.2, 0) is 5.41 Å². The number of hydrogen-bond acceptors (Lipinski definition) is 3. The molecular formula is C18H24N2O. The maximum absolute atomic E-state index is 10.2. The molecule has 2 saturated carbocycles. The van der Waals surface area contributed by atoms with Gasteiger partial charge in [-0.25, -0.2) is 0 Å². The molecule has 2 fully saturated rings. The average molecular weight is 284 g/mol. The van der Waals surface area contributed by atoms with Crippen LogP contribution in [0.1, 0.15) is 50.5 Å². The Hall–Kier alpha value is -1.37. The lowest BCUT2D eigenvalue weighted by molar-refractivity contribution is 0.0943. The molecule has 2 N–H and O–H groups in total. The van der Waals surface area contributed by atoms with Crippen LogP contribution in [0.3, 0.4) is 0 Å². The van der Waals surface area contributed by atoms with Crippen LogP contribution in [-0.4, -0.2) is 23.3 Å². The van der Waals surface area contributed by atoms with Crippen molar-refractivity contribution in [3.8, 4) is 6.07 Å². The maximum Gasteiger partial charge on any atom is 0.0852 e. The summed E-state index contributed by atoms with van der Waals surface area (Å²) in [5.74, 6) is 0. The van der Waals surface area contributed by atoms with Gasteiger partial charge < -0.3 is 10.4 Å². The van der Waals surface area contributed by atoms with Crippen LogP contribution >= 0.6 is 0 Å². The van der Waals surface area contributed by atoms with E-state index in [9.17, 15) is 10.4 Å². The van der Waals surface area contributed by atoms with Gasteiger partial charge in [0.1, 0.15) is 0 Å². The van der Waals surface area contributed by atoms with E-state index < -0.39 is 0 Å². The highest BCUT2D eigenvalue weighted by atomic mass is 16.3. The summed E-state index contributed by atoms with van der Waals surface area (Å²) in [6.45, 7) is 0. The molecule has 2 atom stereocenters. The molecule has 2 aliphatic rings. The lowest BCUT2D eigenvalue weighted by Crippen LogP contribution is -2.55. The molecule has 1 aromatic carbocycles. The van der Waals surface area contributed by atoms with Crippen LogP contribution in [0.5, 0.6) is 0 Å². The first-order chi connectivity index (χ1) is 10.2. The van der Waals surface area contributed by atoms with Gasteiger partial charge in [0.25, 0.3) is 0 Å². The Morgan fingerprint density at radius 3 is 2.52 bits per heavy atom. The van der Waals surface area contributed by atoms with E-state index in [-0.39, 0.29) is 17.6 Å². The molecular weight excluding hydrogens is 260 g/mol. The number of nitrogens with one attached hydrogen (secondary N) is 1. The van der Waals surface area contributed by atoms with E-state index in [1.54, 1.807) is 0 Å². The van der Waals surface area contributed by atoms with Crippen molar-refractivity contribution >= 4 is 0 Å². The fraction of sp³-hybridized carbons (Fsp3) is 0.611. The first-order valence-corrected chi connectivity index (χ1v) is 8.14. The summed E-state index contributed by atoms with van der Waals surface area (Å²) < 4.78 is 0. The van der Waals surface area contributed by atoms with E-state index in [2.05, 4.69) is 23.5 Å². The predicted octanol–water partition coefficient (Wildman–Crippen LogP) is 2.89. The number of nitriles is 1. The molecule has 0 heterocycles. The zero-order valence-electron chi connectivity index (χ0n) is 12.5. The molecule has 0 aromatic heterocycles. The maximum atomic E-state index is 10.2. The number of aliphatic hydroxyl groups is 1. The molecule has 112 valence electrons. The van der Waals surface area contributed by atoms with Crippen molar-refractivity contribution in [3.63, 3.8) is 0 Å². The van der Waals surface area contributed by atoms with E-state index in [0.717, 1.165) is 37.7 Å². The monoisotopic (exact) mass is 284 g/mol. The van der Waals surface area contributed by atoms with Gasteiger partial charge in [0.15, 0.2) is 0 Å². The zero-order chi connectivity index (χ0) is 14.7. The Labute approximate surface area is 127 Å². The molecule has 1 aromatic rings. The van der Waals surface area contributed by atoms with Crippen molar-refractivity contribution in [2.45, 2.75) is 68.5 Å². The third-order valence-electron chi connectivity index (χ3n) is 5.16. The van der Waals surface area contributed by atoms with Gasteiger partial charge in [-0.15, -0.1) is 0 Å². The van der Waals surface area contributed by atoms with Crippen LogP contribution < -0.4 is 5.32 Å². The third-order valence-corrected chi connectivity index (χ3v) is 5.16. The van der Waals surface area contributed by atoms with Crippen molar-refractivity contribution in [1.29, 1.82) is 5.26 Å². The zero-order valence-corrected chi connectivity index (χ0v) is 12.5. The van der Waals surface area contributed by atoms with Crippen molar-refractivity contribution in [1.82, 2.24) is 5.32 Å². The summed E-state index contributed by atoms with van der Waals surface area (Å²) in [6.07, 6.45) is 7.02. The van der Waals surface area contributed by atoms with Crippen molar-refractivity contribution in [3.05, 3.63) is 35.9 Å². The summed E-state index contributed by atoms with van der Waals surface area (Å²) in [7, 11) is 0. The molecule has 0 radical (unpaired) electrons. The second kappa shape index (κ2) is 6.17. The van der Waals surface area contributed by atoms with Gasteiger partial charge in [0.05, 0.1) is 17.6 Å². The van der Waals surface area contributed by atoms with Gasteiger partial charge in [-0.3, -0.25) is 0 Å². The smallest absolute Gasteiger partial charge is 0.0852 e. The normalized spacial score (nSPS) is 36.3. The van der Waals surface area contributed by atoms with Gasteiger partial charge in [-0.2, -0.15) is 5.26 Å². The molecule has 0 spiro atoms. The SMILES string of the molecule is N#CC1(c2ccccc2)CC(NC2CCCCCC2O)C1. The highest BCUT2D eigenvalue weighted by Crippen LogP contribution is 2.43. The van der Waals surface area contributed by atoms with Gasteiger partial charge in [-0.05, 0) is 31.2 Å². The van der Waals surface area contributed by atoms with Crippen LogP contribution in [0.2, 0.25) is 0 Å². The highest BCUT2D eigenvalue weighted by Gasteiger charge is 2.46. The molecule has 3 nitrogen and oxygen atoms in total. The minimum absolute atomic E-state index is 0.213. The third kappa shape index (κ3) is 2.97. The van der Waals surface area contributed by atoms with E-state index in [4.69, 9.17) is 0 Å². The summed E-state index contributed by atoms with van der Waals surface area (Å²) >= 11 is 0. The Bertz CT molecular complexity index is 502. The van der Waals surface area contributed by atoms with Crippen LogP contribution in [0.25, 0.3) is 0 Å². The first-order valence-electron chi connectivity index (χ1n) is 8.14. The lowest BCUT2D eigenvalue weighted by Gasteiger charge is -2.45. The lowest BCUT2D eigenvalue weighted by atomic mass is 9.62. The number of benzene rings is 1. The van der Waals surface area contributed by atoms with Crippen LogP contribution in [0.15, 0.2) is 30.3 Å². The average Bonchev–Trinajstić information content (AvgIpc) is 2.68. The second-order valence-electron chi connectivity index (χ2n) is 6.64. The Kier molecular flexibility index (Phi) is 4.28. The minimum atomic E-state index is -0.325. The fourth-order valence-electron chi connectivity index (χ4n) is 3.83. The molecule has 0 bridgehead atoms. The van der Waals surface area contributed by atoms with E-state index in [1.165, 1.54) is 12.8 Å². The highest BCUT2D eigenvalue weighted by molar-refractivity contribution is 5.36. The molecule has 3 heteroatoms. The minimum Gasteiger partial charge on any atom is -0.392 e. The quantitative estimate of drug-likeness (QED) is 0.839.